The number of benzene rings is 1. The van der Waals surface area contributed by atoms with Crippen LogP contribution in [0.1, 0.15) is 24.2 Å². The Kier molecular flexibility index (Phi) is 4.36. The van der Waals surface area contributed by atoms with Gasteiger partial charge in [0.05, 0.1) is 20.1 Å². The fourth-order valence-electron chi connectivity index (χ4n) is 1.93. The van der Waals surface area contributed by atoms with Gasteiger partial charge in [0, 0.05) is 12.7 Å². The summed E-state index contributed by atoms with van der Waals surface area (Å²) in [6.45, 7) is 2.12. The summed E-state index contributed by atoms with van der Waals surface area (Å²) < 4.78 is 15.6. The van der Waals surface area contributed by atoms with Gasteiger partial charge in [0.15, 0.2) is 5.82 Å². The van der Waals surface area contributed by atoms with E-state index in [2.05, 4.69) is 10.1 Å². The molecule has 0 saturated carbocycles. The standard InChI is InChI=1S/C14H19N3O3/c1-14(15,9-18-2)13-16-12(20-17-13)8-10-6-4-5-7-11(10)19-3/h4-7H,8-9,15H2,1-3H3. The van der Waals surface area contributed by atoms with Gasteiger partial charge in [-0.1, -0.05) is 23.4 Å². The Hall–Kier alpha value is -1.92. The number of hydrogen-bond donors (Lipinski definition) is 1. The van der Waals surface area contributed by atoms with Crippen LogP contribution in [-0.4, -0.2) is 31.0 Å². The van der Waals surface area contributed by atoms with Crippen molar-refractivity contribution < 1.29 is 14.0 Å². The fraction of sp³-hybridized carbons (Fsp3) is 0.429. The van der Waals surface area contributed by atoms with Crippen molar-refractivity contribution >= 4 is 0 Å². The van der Waals surface area contributed by atoms with Crippen molar-refractivity contribution in [3.05, 3.63) is 41.5 Å². The lowest BCUT2D eigenvalue weighted by atomic mass is 10.1. The van der Waals surface area contributed by atoms with E-state index >= 15 is 0 Å². The molecular formula is C14H19N3O3. The molecule has 108 valence electrons. The van der Waals surface area contributed by atoms with Gasteiger partial charge in [-0.25, -0.2) is 0 Å². The predicted molar refractivity (Wildman–Crippen MR) is 73.5 cm³/mol. The zero-order chi connectivity index (χ0) is 14.6. The number of rotatable bonds is 6. The molecule has 20 heavy (non-hydrogen) atoms. The third kappa shape index (κ3) is 3.15. The molecule has 6 nitrogen and oxygen atoms in total. The van der Waals surface area contributed by atoms with Gasteiger partial charge in [-0.05, 0) is 13.0 Å². The van der Waals surface area contributed by atoms with Crippen LogP contribution in [0.5, 0.6) is 5.75 Å². The van der Waals surface area contributed by atoms with Crippen LogP contribution in [0.4, 0.5) is 0 Å². The summed E-state index contributed by atoms with van der Waals surface area (Å²) in [6, 6.07) is 7.70. The molecule has 0 aliphatic rings. The average Bonchev–Trinajstić information content (AvgIpc) is 2.89. The largest absolute Gasteiger partial charge is 0.496 e. The minimum absolute atomic E-state index is 0.320. The lowest BCUT2D eigenvalue weighted by Gasteiger charge is -2.18. The molecule has 0 saturated heterocycles. The van der Waals surface area contributed by atoms with E-state index in [1.165, 1.54) is 0 Å². The van der Waals surface area contributed by atoms with Crippen LogP contribution >= 0.6 is 0 Å². The summed E-state index contributed by atoms with van der Waals surface area (Å²) in [7, 11) is 3.22. The Bertz CT molecular complexity index is 566. The second kappa shape index (κ2) is 6.02. The van der Waals surface area contributed by atoms with Crippen molar-refractivity contribution in [1.29, 1.82) is 0 Å². The van der Waals surface area contributed by atoms with Gasteiger partial charge in [-0.3, -0.25) is 0 Å². The summed E-state index contributed by atoms with van der Waals surface area (Å²) in [5, 5.41) is 3.93. The van der Waals surface area contributed by atoms with Crippen LogP contribution in [-0.2, 0) is 16.7 Å². The van der Waals surface area contributed by atoms with Gasteiger partial charge in [-0.2, -0.15) is 4.98 Å². The first kappa shape index (κ1) is 14.5. The van der Waals surface area contributed by atoms with Crippen LogP contribution in [0, 0.1) is 0 Å². The van der Waals surface area contributed by atoms with Crippen molar-refractivity contribution in [3.8, 4) is 5.75 Å². The third-order valence-corrected chi connectivity index (χ3v) is 2.96. The van der Waals surface area contributed by atoms with Crippen LogP contribution in [0.2, 0.25) is 0 Å². The van der Waals surface area contributed by atoms with E-state index in [1.807, 2.05) is 24.3 Å². The first-order chi connectivity index (χ1) is 9.56. The molecule has 1 aromatic heterocycles. The highest BCUT2D eigenvalue weighted by Crippen LogP contribution is 2.21. The topological polar surface area (TPSA) is 83.4 Å². The average molecular weight is 277 g/mol. The van der Waals surface area contributed by atoms with Crippen LogP contribution < -0.4 is 10.5 Å². The van der Waals surface area contributed by atoms with Crippen molar-refractivity contribution in [1.82, 2.24) is 10.1 Å². The van der Waals surface area contributed by atoms with Crippen molar-refractivity contribution in [2.75, 3.05) is 20.8 Å². The monoisotopic (exact) mass is 277 g/mol. The molecule has 2 rings (SSSR count). The van der Waals surface area contributed by atoms with E-state index < -0.39 is 5.54 Å². The summed E-state index contributed by atoms with van der Waals surface area (Å²) in [5.74, 6) is 1.72. The van der Waals surface area contributed by atoms with Gasteiger partial charge in [0.25, 0.3) is 0 Å². The third-order valence-electron chi connectivity index (χ3n) is 2.96. The zero-order valence-electron chi connectivity index (χ0n) is 11.9. The molecule has 0 amide bonds. The summed E-state index contributed by atoms with van der Waals surface area (Å²) in [4.78, 5) is 4.33. The lowest BCUT2D eigenvalue weighted by Crippen LogP contribution is -2.39. The Morgan fingerprint density at radius 1 is 1.30 bits per heavy atom. The molecule has 1 unspecified atom stereocenters. The first-order valence-corrected chi connectivity index (χ1v) is 6.29. The van der Waals surface area contributed by atoms with E-state index in [1.54, 1.807) is 21.1 Å². The summed E-state index contributed by atoms with van der Waals surface area (Å²) in [5.41, 5.74) is 6.29. The van der Waals surface area contributed by atoms with E-state index in [0.29, 0.717) is 24.7 Å². The van der Waals surface area contributed by atoms with Gasteiger partial charge < -0.3 is 19.7 Å². The highest BCUT2D eigenvalue weighted by atomic mass is 16.5. The SMILES string of the molecule is COCC(C)(N)c1noc(Cc2ccccc2OC)n1. The Labute approximate surface area is 117 Å². The second-order valence-corrected chi connectivity index (χ2v) is 4.85. The van der Waals surface area contributed by atoms with E-state index in [9.17, 15) is 0 Å². The minimum Gasteiger partial charge on any atom is -0.496 e. The fourth-order valence-corrected chi connectivity index (χ4v) is 1.93. The molecule has 0 spiro atoms. The number of nitrogens with two attached hydrogens (primary N) is 1. The first-order valence-electron chi connectivity index (χ1n) is 6.29. The molecule has 1 aromatic carbocycles. The zero-order valence-corrected chi connectivity index (χ0v) is 11.9. The van der Waals surface area contributed by atoms with Crippen molar-refractivity contribution in [2.45, 2.75) is 18.9 Å². The van der Waals surface area contributed by atoms with Gasteiger partial charge in [0.2, 0.25) is 5.89 Å². The molecule has 1 atom stereocenters. The molecule has 0 aliphatic heterocycles. The Morgan fingerprint density at radius 3 is 2.75 bits per heavy atom. The maximum atomic E-state index is 6.08. The number of methoxy groups -OCH3 is 2. The number of aromatic nitrogens is 2. The molecule has 6 heteroatoms. The van der Waals surface area contributed by atoms with E-state index in [0.717, 1.165) is 11.3 Å². The maximum Gasteiger partial charge on any atom is 0.231 e. The highest BCUT2D eigenvalue weighted by molar-refractivity contribution is 5.34. The molecule has 0 bridgehead atoms. The molecule has 0 radical (unpaired) electrons. The Morgan fingerprint density at radius 2 is 2.05 bits per heavy atom. The number of nitrogens with zero attached hydrogens (tertiary/aromatic N) is 2. The summed E-state index contributed by atoms with van der Waals surface area (Å²) >= 11 is 0. The van der Waals surface area contributed by atoms with Gasteiger partial charge in [0.1, 0.15) is 11.3 Å². The van der Waals surface area contributed by atoms with Crippen LogP contribution in [0.25, 0.3) is 0 Å². The molecular weight excluding hydrogens is 258 g/mol. The highest BCUT2D eigenvalue weighted by Gasteiger charge is 2.27. The summed E-state index contributed by atoms with van der Waals surface area (Å²) in [6.07, 6.45) is 0.500. The maximum absolute atomic E-state index is 6.08. The van der Waals surface area contributed by atoms with E-state index in [4.69, 9.17) is 19.7 Å². The number of ether oxygens (including phenoxy) is 2. The Balaban J connectivity index is 2.17. The lowest BCUT2D eigenvalue weighted by molar-refractivity contribution is 0.135. The quantitative estimate of drug-likeness (QED) is 0.861. The van der Waals surface area contributed by atoms with Crippen molar-refractivity contribution in [2.24, 2.45) is 5.73 Å². The minimum atomic E-state index is -0.767. The van der Waals surface area contributed by atoms with E-state index in [-0.39, 0.29) is 0 Å². The number of para-hydroxylation sites is 1. The molecule has 0 aliphatic carbocycles. The van der Waals surface area contributed by atoms with Gasteiger partial charge in [-0.15, -0.1) is 0 Å². The molecule has 1 heterocycles. The van der Waals surface area contributed by atoms with Crippen molar-refractivity contribution in [3.63, 3.8) is 0 Å². The van der Waals surface area contributed by atoms with Crippen LogP contribution in [0.15, 0.2) is 28.8 Å². The number of hydrogen-bond acceptors (Lipinski definition) is 6. The molecule has 2 aromatic rings. The molecule has 0 fully saturated rings. The normalized spacial score (nSPS) is 14.0. The smallest absolute Gasteiger partial charge is 0.231 e. The molecule has 2 N–H and O–H groups in total. The van der Waals surface area contributed by atoms with Gasteiger partial charge >= 0.3 is 0 Å². The second-order valence-electron chi connectivity index (χ2n) is 4.85. The van der Waals surface area contributed by atoms with Crippen LogP contribution in [0.3, 0.4) is 0 Å². The predicted octanol–water partition coefficient (Wildman–Crippen LogP) is 1.49.